The Balaban J connectivity index is 2.34. The summed E-state index contributed by atoms with van der Waals surface area (Å²) in [4.78, 5) is 0. The molecule has 0 bridgehead atoms. The summed E-state index contributed by atoms with van der Waals surface area (Å²) >= 11 is 0. The van der Waals surface area contributed by atoms with Gasteiger partial charge in [0, 0.05) is 17.7 Å². The van der Waals surface area contributed by atoms with Gasteiger partial charge in [-0.05, 0) is 0 Å². The van der Waals surface area contributed by atoms with Gasteiger partial charge in [0.2, 0.25) is 6.04 Å². The van der Waals surface area contributed by atoms with Gasteiger partial charge < -0.3 is 5.11 Å². The zero-order chi connectivity index (χ0) is 10.5. The Bertz CT molecular complexity index is 360. The Morgan fingerprint density at radius 1 is 0.933 bits per heavy atom. The smallest absolute Gasteiger partial charge is 0.206 e. The molecule has 0 aliphatic heterocycles. The van der Waals surface area contributed by atoms with Gasteiger partial charge in [0.05, 0.1) is 0 Å². The summed E-state index contributed by atoms with van der Waals surface area (Å²) in [5.41, 5.74) is 1.12. The maximum atomic E-state index is 9.41. The molecule has 76 valence electrons. The molecule has 1 unspecified atom stereocenters. The highest BCUT2D eigenvalue weighted by molar-refractivity contribution is 5.17. The quantitative estimate of drug-likeness (QED) is 0.747. The number of rotatable bonds is 3. The second-order valence-electron chi connectivity index (χ2n) is 3.43. The monoisotopic (exact) mass is 200 g/mol. The zero-order valence-corrected chi connectivity index (χ0v) is 8.45. The normalized spacial score (nSPS) is 12.3. The lowest BCUT2D eigenvalue weighted by atomic mass is 10.1. The fourth-order valence-electron chi connectivity index (χ4n) is 1.67. The Morgan fingerprint density at radius 2 is 1.53 bits per heavy atom. The van der Waals surface area contributed by atoms with Crippen LogP contribution in [0.15, 0.2) is 60.9 Å². The SMILES string of the molecule is OCC(c1ccccc1)[n+]1ccccc1. The third-order valence-electron chi connectivity index (χ3n) is 2.46. The Kier molecular flexibility index (Phi) is 3.10. The van der Waals surface area contributed by atoms with Crippen LogP contribution in [-0.2, 0) is 0 Å². The van der Waals surface area contributed by atoms with Crippen LogP contribution in [0.4, 0.5) is 0 Å². The average molecular weight is 200 g/mol. The molecule has 1 aromatic carbocycles. The third kappa shape index (κ3) is 2.22. The number of aliphatic hydroxyl groups is 1. The lowest BCUT2D eigenvalue weighted by molar-refractivity contribution is -0.715. The molecule has 1 aromatic heterocycles. The van der Waals surface area contributed by atoms with Gasteiger partial charge >= 0.3 is 0 Å². The number of hydrogen-bond acceptors (Lipinski definition) is 1. The van der Waals surface area contributed by atoms with Gasteiger partial charge in [0.15, 0.2) is 12.4 Å². The molecule has 1 heterocycles. The molecule has 2 rings (SSSR count). The van der Waals surface area contributed by atoms with Gasteiger partial charge in [-0.1, -0.05) is 36.4 Å². The number of nitrogens with zero attached hydrogens (tertiary/aromatic N) is 1. The van der Waals surface area contributed by atoms with Gasteiger partial charge in [0.1, 0.15) is 6.61 Å². The first-order valence-electron chi connectivity index (χ1n) is 5.03. The minimum atomic E-state index is 0.00685. The highest BCUT2D eigenvalue weighted by Gasteiger charge is 2.18. The number of benzene rings is 1. The summed E-state index contributed by atoms with van der Waals surface area (Å²) in [6, 6.07) is 15.9. The topological polar surface area (TPSA) is 24.1 Å². The molecule has 0 radical (unpaired) electrons. The first-order chi connectivity index (χ1) is 7.42. The van der Waals surface area contributed by atoms with Crippen molar-refractivity contribution in [3.63, 3.8) is 0 Å². The van der Waals surface area contributed by atoms with Gasteiger partial charge in [-0.2, -0.15) is 4.57 Å². The maximum absolute atomic E-state index is 9.41. The fourth-order valence-corrected chi connectivity index (χ4v) is 1.67. The average Bonchev–Trinajstić information content (AvgIpc) is 2.33. The first kappa shape index (κ1) is 9.87. The molecule has 2 nitrogen and oxygen atoms in total. The Hall–Kier alpha value is -1.67. The minimum Gasteiger partial charge on any atom is -0.389 e. The van der Waals surface area contributed by atoms with Crippen LogP contribution in [0.2, 0.25) is 0 Å². The van der Waals surface area contributed by atoms with E-state index in [9.17, 15) is 5.11 Å². The van der Waals surface area contributed by atoms with E-state index in [1.807, 2.05) is 65.5 Å². The van der Waals surface area contributed by atoms with Crippen molar-refractivity contribution in [3.8, 4) is 0 Å². The number of hydrogen-bond donors (Lipinski definition) is 1. The standard InChI is InChI=1S/C13H14NO/c15-11-13(12-7-3-1-4-8-12)14-9-5-2-6-10-14/h1-10,13,15H,11H2/q+1. The van der Waals surface area contributed by atoms with Crippen LogP contribution in [0.1, 0.15) is 11.6 Å². The van der Waals surface area contributed by atoms with E-state index in [0.717, 1.165) is 5.56 Å². The number of pyridine rings is 1. The van der Waals surface area contributed by atoms with Crippen LogP contribution in [-0.4, -0.2) is 11.7 Å². The molecular formula is C13H14NO+. The van der Waals surface area contributed by atoms with Gasteiger partial charge in [-0.15, -0.1) is 0 Å². The molecule has 0 amide bonds. The van der Waals surface area contributed by atoms with E-state index in [2.05, 4.69) is 0 Å². The summed E-state index contributed by atoms with van der Waals surface area (Å²) in [7, 11) is 0. The van der Waals surface area contributed by atoms with Crippen LogP contribution in [0.5, 0.6) is 0 Å². The lowest BCUT2D eigenvalue weighted by Crippen LogP contribution is -2.41. The van der Waals surface area contributed by atoms with E-state index in [0.29, 0.717) is 0 Å². The predicted octanol–water partition coefficient (Wildman–Crippen LogP) is 1.56. The van der Waals surface area contributed by atoms with E-state index >= 15 is 0 Å². The molecule has 0 aliphatic carbocycles. The summed E-state index contributed by atoms with van der Waals surface area (Å²) in [6.07, 6.45) is 3.93. The molecule has 15 heavy (non-hydrogen) atoms. The third-order valence-corrected chi connectivity index (χ3v) is 2.46. The Morgan fingerprint density at radius 3 is 2.13 bits per heavy atom. The summed E-state index contributed by atoms with van der Waals surface area (Å²) in [5.74, 6) is 0. The van der Waals surface area contributed by atoms with Crippen LogP contribution in [0, 0.1) is 0 Å². The van der Waals surface area contributed by atoms with Crippen molar-refractivity contribution in [2.45, 2.75) is 6.04 Å². The molecule has 1 N–H and O–H groups in total. The van der Waals surface area contributed by atoms with Gasteiger partial charge in [-0.3, -0.25) is 0 Å². The lowest BCUT2D eigenvalue weighted by Gasteiger charge is -2.09. The highest BCUT2D eigenvalue weighted by Crippen LogP contribution is 2.10. The van der Waals surface area contributed by atoms with Crippen molar-refractivity contribution in [2.24, 2.45) is 0 Å². The van der Waals surface area contributed by atoms with Crippen LogP contribution >= 0.6 is 0 Å². The molecule has 2 heteroatoms. The van der Waals surface area contributed by atoms with Gasteiger partial charge in [-0.25, -0.2) is 0 Å². The largest absolute Gasteiger partial charge is 0.389 e. The molecule has 2 aromatic rings. The van der Waals surface area contributed by atoms with Crippen molar-refractivity contribution >= 4 is 0 Å². The van der Waals surface area contributed by atoms with Crippen molar-refractivity contribution in [2.75, 3.05) is 6.61 Å². The summed E-state index contributed by atoms with van der Waals surface area (Å²) in [5, 5.41) is 9.41. The van der Waals surface area contributed by atoms with Crippen molar-refractivity contribution in [1.82, 2.24) is 0 Å². The minimum absolute atomic E-state index is 0.00685. The molecule has 0 fully saturated rings. The number of aliphatic hydroxyl groups excluding tert-OH is 1. The Labute approximate surface area is 89.4 Å². The molecular weight excluding hydrogens is 186 g/mol. The van der Waals surface area contributed by atoms with Gasteiger partial charge in [0.25, 0.3) is 0 Å². The van der Waals surface area contributed by atoms with E-state index in [-0.39, 0.29) is 12.6 Å². The van der Waals surface area contributed by atoms with Crippen LogP contribution < -0.4 is 4.57 Å². The van der Waals surface area contributed by atoms with E-state index in [1.165, 1.54) is 0 Å². The van der Waals surface area contributed by atoms with Crippen molar-refractivity contribution in [1.29, 1.82) is 0 Å². The second kappa shape index (κ2) is 4.71. The molecule has 0 saturated heterocycles. The molecule has 1 atom stereocenters. The van der Waals surface area contributed by atoms with Crippen molar-refractivity contribution < 1.29 is 9.67 Å². The summed E-state index contributed by atoms with van der Waals surface area (Å²) < 4.78 is 2.01. The summed E-state index contributed by atoms with van der Waals surface area (Å²) in [6.45, 7) is 0.110. The van der Waals surface area contributed by atoms with Crippen LogP contribution in [0.25, 0.3) is 0 Å². The highest BCUT2D eigenvalue weighted by atomic mass is 16.3. The first-order valence-corrected chi connectivity index (χ1v) is 5.03. The molecule has 0 aliphatic rings. The fraction of sp³-hybridized carbons (Fsp3) is 0.154. The number of aromatic nitrogens is 1. The second-order valence-corrected chi connectivity index (χ2v) is 3.43. The maximum Gasteiger partial charge on any atom is 0.206 e. The molecule has 0 spiro atoms. The predicted molar refractivity (Wildman–Crippen MR) is 58.3 cm³/mol. The van der Waals surface area contributed by atoms with E-state index in [1.54, 1.807) is 0 Å². The zero-order valence-electron chi connectivity index (χ0n) is 8.45. The molecule has 0 saturated carbocycles. The van der Waals surface area contributed by atoms with E-state index in [4.69, 9.17) is 0 Å². The van der Waals surface area contributed by atoms with Crippen LogP contribution in [0.3, 0.4) is 0 Å². The van der Waals surface area contributed by atoms with E-state index < -0.39 is 0 Å². The van der Waals surface area contributed by atoms with Crippen molar-refractivity contribution in [3.05, 3.63) is 66.5 Å².